The maximum atomic E-state index is 12.6. The van der Waals surface area contributed by atoms with Crippen LogP contribution in [-0.2, 0) is 22.1 Å². The Hall–Kier alpha value is -3.39. The van der Waals surface area contributed by atoms with Gasteiger partial charge in [-0.3, -0.25) is 9.59 Å². The van der Waals surface area contributed by atoms with E-state index in [2.05, 4.69) is 5.32 Å². The van der Waals surface area contributed by atoms with Crippen LogP contribution in [0.5, 0.6) is 0 Å². The summed E-state index contributed by atoms with van der Waals surface area (Å²) in [5.74, 6) is -0.550. The molecule has 166 valence electrons. The minimum atomic E-state index is -3.56. The van der Waals surface area contributed by atoms with Crippen LogP contribution < -0.4 is 5.32 Å². The Balaban J connectivity index is 1.37. The molecule has 2 aromatic carbocycles. The first-order valence-corrected chi connectivity index (χ1v) is 12.1. The Kier molecular flexibility index (Phi) is 6.41. The van der Waals surface area contributed by atoms with Crippen LogP contribution in [0.3, 0.4) is 0 Å². The van der Waals surface area contributed by atoms with Crippen molar-refractivity contribution in [2.24, 2.45) is 0 Å². The summed E-state index contributed by atoms with van der Waals surface area (Å²) in [5, 5.41) is 2.75. The summed E-state index contributed by atoms with van der Waals surface area (Å²) in [6, 6.07) is 18.2. The molecule has 1 aliphatic rings. The lowest BCUT2D eigenvalue weighted by Gasteiger charge is -2.15. The van der Waals surface area contributed by atoms with Gasteiger partial charge in [-0.05, 0) is 54.8 Å². The highest BCUT2D eigenvalue weighted by Crippen LogP contribution is 2.18. The average molecular weight is 453 g/mol. The zero-order chi connectivity index (χ0) is 22.6. The molecular formula is C24H24N2O5S. The van der Waals surface area contributed by atoms with E-state index < -0.39 is 15.7 Å². The molecule has 7 nitrogen and oxygen atoms in total. The maximum Gasteiger partial charge on any atom is 0.287 e. The molecule has 2 amide bonds. The Bertz CT molecular complexity index is 1210. The van der Waals surface area contributed by atoms with E-state index in [9.17, 15) is 18.0 Å². The van der Waals surface area contributed by atoms with Crippen LogP contribution in [0.4, 0.5) is 0 Å². The van der Waals surface area contributed by atoms with Crippen molar-refractivity contribution in [1.29, 1.82) is 0 Å². The second-order valence-corrected chi connectivity index (χ2v) is 9.71. The van der Waals surface area contributed by atoms with E-state index >= 15 is 0 Å². The fourth-order valence-corrected chi connectivity index (χ4v) is 4.93. The molecule has 0 aliphatic carbocycles. The average Bonchev–Trinajstić information content (AvgIpc) is 3.50. The van der Waals surface area contributed by atoms with Gasteiger partial charge in [-0.2, -0.15) is 0 Å². The fourth-order valence-electron chi connectivity index (χ4n) is 3.66. The first-order chi connectivity index (χ1) is 15.4. The van der Waals surface area contributed by atoms with Crippen LogP contribution in [0.15, 0.2) is 76.0 Å². The predicted molar refractivity (Wildman–Crippen MR) is 119 cm³/mol. The molecule has 0 radical (unpaired) electrons. The highest BCUT2D eigenvalue weighted by molar-refractivity contribution is 7.90. The minimum Gasteiger partial charge on any atom is -0.455 e. The number of carbonyl (C=O) groups is 2. The Morgan fingerprint density at radius 1 is 0.938 bits per heavy atom. The molecule has 2 heterocycles. The molecule has 0 spiro atoms. The van der Waals surface area contributed by atoms with Crippen molar-refractivity contribution in [3.8, 4) is 0 Å². The van der Waals surface area contributed by atoms with Crippen molar-refractivity contribution in [2.45, 2.75) is 30.0 Å². The van der Waals surface area contributed by atoms with Gasteiger partial charge in [-0.1, -0.05) is 30.3 Å². The number of benzene rings is 2. The molecule has 1 N–H and O–H groups in total. The summed E-state index contributed by atoms with van der Waals surface area (Å²) >= 11 is 0. The maximum absolute atomic E-state index is 12.6. The van der Waals surface area contributed by atoms with Crippen LogP contribution in [-0.4, -0.2) is 38.2 Å². The predicted octanol–water partition coefficient (Wildman–Crippen LogP) is 3.42. The topological polar surface area (TPSA) is 96.7 Å². The summed E-state index contributed by atoms with van der Waals surface area (Å²) in [7, 11) is -3.56. The SMILES string of the molecule is O=C(NCc1cccc(C(=O)N2CCCC2)c1)c1ccc(CS(=O)(=O)c2ccccc2)o1. The second-order valence-electron chi connectivity index (χ2n) is 7.72. The molecule has 1 aliphatic heterocycles. The van der Waals surface area contributed by atoms with E-state index in [0.717, 1.165) is 31.5 Å². The quantitative estimate of drug-likeness (QED) is 0.593. The van der Waals surface area contributed by atoms with E-state index in [4.69, 9.17) is 4.42 Å². The Morgan fingerprint density at radius 2 is 1.69 bits per heavy atom. The molecule has 32 heavy (non-hydrogen) atoms. The summed E-state index contributed by atoms with van der Waals surface area (Å²) in [6.45, 7) is 1.78. The minimum absolute atomic E-state index is 0.00554. The lowest BCUT2D eigenvalue weighted by molar-refractivity contribution is 0.0792. The highest BCUT2D eigenvalue weighted by Gasteiger charge is 2.21. The monoisotopic (exact) mass is 452 g/mol. The highest BCUT2D eigenvalue weighted by atomic mass is 32.2. The van der Waals surface area contributed by atoms with Gasteiger partial charge < -0.3 is 14.6 Å². The molecule has 4 rings (SSSR count). The lowest BCUT2D eigenvalue weighted by Crippen LogP contribution is -2.28. The Morgan fingerprint density at radius 3 is 2.44 bits per heavy atom. The number of furan rings is 1. The summed E-state index contributed by atoms with van der Waals surface area (Å²) in [6.07, 6.45) is 2.05. The third-order valence-electron chi connectivity index (χ3n) is 5.34. The number of nitrogens with one attached hydrogen (secondary N) is 1. The van der Waals surface area contributed by atoms with E-state index in [0.29, 0.717) is 5.56 Å². The van der Waals surface area contributed by atoms with Crippen LogP contribution in [0.1, 0.15) is 45.1 Å². The van der Waals surface area contributed by atoms with Crippen molar-refractivity contribution in [3.05, 3.63) is 89.4 Å². The molecule has 1 aromatic heterocycles. The van der Waals surface area contributed by atoms with Crippen molar-refractivity contribution in [1.82, 2.24) is 10.2 Å². The summed E-state index contributed by atoms with van der Waals surface area (Å²) in [5.41, 5.74) is 1.40. The third-order valence-corrected chi connectivity index (χ3v) is 7.00. The van der Waals surface area contributed by atoms with E-state index in [1.54, 1.807) is 36.4 Å². The van der Waals surface area contributed by atoms with Gasteiger partial charge in [0.25, 0.3) is 11.8 Å². The first kappa shape index (κ1) is 21.8. The molecule has 8 heteroatoms. The standard InChI is InChI=1S/C24H24N2O5S/c27-23(22-12-11-20(31-22)17-32(29,30)21-9-2-1-3-10-21)25-16-18-7-6-8-19(15-18)24(28)26-13-4-5-14-26/h1-3,6-12,15H,4-5,13-14,16-17H2,(H,25,27). The number of hydrogen-bond donors (Lipinski definition) is 1. The molecule has 1 saturated heterocycles. The van der Waals surface area contributed by atoms with E-state index in [-0.39, 0.29) is 34.6 Å². The number of sulfone groups is 1. The summed E-state index contributed by atoms with van der Waals surface area (Å²) in [4.78, 5) is 27.1. The molecule has 0 atom stereocenters. The molecule has 0 bridgehead atoms. The molecule has 3 aromatic rings. The number of rotatable bonds is 7. The number of hydrogen-bond acceptors (Lipinski definition) is 5. The molecule has 0 saturated carbocycles. The summed E-state index contributed by atoms with van der Waals surface area (Å²) < 4.78 is 30.4. The van der Waals surface area contributed by atoms with Crippen molar-refractivity contribution in [2.75, 3.05) is 13.1 Å². The zero-order valence-corrected chi connectivity index (χ0v) is 18.3. The lowest BCUT2D eigenvalue weighted by atomic mass is 10.1. The van der Waals surface area contributed by atoms with Crippen LogP contribution >= 0.6 is 0 Å². The largest absolute Gasteiger partial charge is 0.455 e. The smallest absolute Gasteiger partial charge is 0.287 e. The van der Waals surface area contributed by atoms with Gasteiger partial charge in [-0.15, -0.1) is 0 Å². The number of nitrogens with zero attached hydrogens (tertiary/aromatic N) is 1. The number of likely N-dealkylation sites (tertiary alicyclic amines) is 1. The van der Waals surface area contributed by atoms with Gasteiger partial charge in [0.15, 0.2) is 15.6 Å². The van der Waals surface area contributed by atoms with E-state index in [1.165, 1.54) is 24.3 Å². The Labute approximate surface area is 187 Å². The zero-order valence-electron chi connectivity index (χ0n) is 17.5. The van der Waals surface area contributed by atoms with Gasteiger partial charge in [0.1, 0.15) is 11.5 Å². The normalized spacial score (nSPS) is 13.8. The number of amides is 2. The van der Waals surface area contributed by atoms with Crippen molar-refractivity contribution in [3.63, 3.8) is 0 Å². The van der Waals surface area contributed by atoms with Gasteiger partial charge in [0, 0.05) is 25.2 Å². The molecular weight excluding hydrogens is 428 g/mol. The van der Waals surface area contributed by atoms with Crippen LogP contribution in [0.2, 0.25) is 0 Å². The van der Waals surface area contributed by atoms with E-state index in [1.807, 2.05) is 11.0 Å². The molecule has 1 fully saturated rings. The van der Waals surface area contributed by atoms with Crippen molar-refractivity contribution >= 4 is 21.7 Å². The van der Waals surface area contributed by atoms with Gasteiger partial charge in [0.05, 0.1) is 4.90 Å². The van der Waals surface area contributed by atoms with Crippen molar-refractivity contribution < 1.29 is 22.4 Å². The van der Waals surface area contributed by atoms with Gasteiger partial charge in [-0.25, -0.2) is 8.42 Å². The van der Waals surface area contributed by atoms with Crippen LogP contribution in [0.25, 0.3) is 0 Å². The second kappa shape index (κ2) is 9.40. The third kappa shape index (κ3) is 5.08. The fraction of sp³-hybridized carbons (Fsp3) is 0.250. The van der Waals surface area contributed by atoms with Gasteiger partial charge >= 0.3 is 0 Å². The van der Waals surface area contributed by atoms with Gasteiger partial charge in [0.2, 0.25) is 0 Å². The molecule has 0 unspecified atom stereocenters. The number of carbonyl (C=O) groups excluding carboxylic acids is 2. The van der Waals surface area contributed by atoms with Crippen LogP contribution in [0, 0.1) is 0 Å². The first-order valence-electron chi connectivity index (χ1n) is 10.5.